The summed E-state index contributed by atoms with van der Waals surface area (Å²) in [6, 6.07) is 0.565. The zero-order valence-electron chi connectivity index (χ0n) is 14.2. The molecule has 0 bridgehead atoms. The number of nitrogens with zero attached hydrogens (tertiary/aromatic N) is 2. The molecule has 0 saturated carbocycles. The predicted octanol–water partition coefficient (Wildman–Crippen LogP) is 3.90. The third-order valence-electron chi connectivity index (χ3n) is 3.06. The fourth-order valence-electron chi connectivity index (χ4n) is 1.98. The van der Waals surface area contributed by atoms with Crippen LogP contribution in [0.5, 0.6) is 0 Å². The normalized spacial score (nSPS) is 12.9. The van der Waals surface area contributed by atoms with Crippen molar-refractivity contribution in [2.45, 2.75) is 73.1 Å². The van der Waals surface area contributed by atoms with E-state index in [2.05, 4.69) is 64.1 Å². The van der Waals surface area contributed by atoms with Gasteiger partial charge in [0.15, 0.2) is 0 Å². The Morgan fingerprint density at radius 3 is 2.40 bits per heavy atom. The Morgan fingerprint density at radius 1 is 1.25 bits per heavy atom. The topological polar surface area (TPSA) is 28.2 Å². The van der Waals surface area contributed by atoms with Gasteiger partial charge in [0, 0.05) is 36.6 Å². The smallest absolute Gasteiger partial charge is 0.107 e. The third kappa shape index (κ3) is 6.82. The molecule has 1 heterocycles. The van der Waals surface area contributed by atoms with Crippen molar-refractivity contribution >= 4 is 11.3 Å². The summed E-state index contributed by atoms with van der Waals surface area (Å²) in [6.45, 7) is 18.6. The minimum Gasteiger partial charge on any atom is -0.306 e. The van der Waals surface area contributed by atoms with E-state index in [-0.39, 0.29) is 5.54 Å². The van der Waals surface area contributed by atoms with Crippen LogP contribution < -0.4 is 5.32 Å². The van der Waals surface area contributed by atoms with E-state index in [0.717, 1.165) is 19.6 Å². The summed E-state index contributed by atoms with van der Waals surface area (Å²) in [5.74, 6) is 0.693. The standard InChI is InChI=1S/C16H31N3S/c1-12(2)9-19(13(3)4)10-14-11-20-15(18-14)8-17-16(5,6)7/h11-13,17H,8-10H2,1-7H3. The van der Waals surface area contributed by atoms with Crippen LogP contribution in [0.3, 0.4) is 0 Å². The number of thiazole rings is 1. The molecule has 0 spiro atoms. The Balaban J connectivity index is 2.57. The van der Waals surface area contributed by atoms with Crippen molar-refractivity contribution in [1.82, 2.24) is 15.2 Å². The average Bonchev–Trinajstić information content (AvgIpc) is 2.71. The highest BCUT2D eigenvalue weighted by Gasteiger charge is 2.14. The first kappa shape index (κ1) is 17.6. The molecule has 1 aromatic heterocycles. The molecular formula is C16H31N3S. The van der Waals surface area contributed by atoms with E-state index in [9.17, 15) is 0 Å². The first-order valence-corrected chi connectivity index (χ1v) is 8.47. The molecule has 4 heteroatoms. The molecule has 0 fully saturated rings. The Morgan fingerprint density at radius 2 is 1.90 bits per heavy atom. The summed E-state index contributed by atoms with van der Waals surface area (Å²) < 4.78 is 0. The van der Waals surface area contributed by atoms with Crippen LogP contribution in [0.15, 0.2) is 5.38 Å². The Bertz CT molecular complexity index is 391. The molecule has 0 aromatic carbocycles. The Kier molecular flexibility index (Phi) is 6.62. The minimum absolute atomic E-state index is 0.146. The molecule has 0 aliphatic carbocycles. The van der Waals surface area contributed by atoms with Gasteiger partial charge in [0.25, 0.3) is 0 Å². The van der Waals surface area contributed by atoms with Crippen LogP contribution >= 0.6 is 11.3 Å². The SMILES string of the molecule is CC(C)CN(Cc1csc(CNC(C)(C)C)n1)C(C)C. The second-order valence-electron chi connectivity index (χ2n) is 7.25. The average molecular weight is 298 g/mol. The Hall–Kier alpha value is -0.450. The van der Waals surface area contributed by atoms with Crippen LogP contribution in [0.25, 0.3) is 0 Å². The molecule has 1 aromatic rings. The van der Waals surface area contributed by atoms with Crippen molar-refractivity contribution in [3.63, 3.8) is 0 Å². The van der Waals surface area contributed by atoms with Gasteiger partial charge in [0.05, 0.1) is 5.69 Å². The Labute approximate surface area is 128 Å². The van der Waals surface area contributed by atoms with Gasteiger partial charge in [-0.05, 0) is 40.5 Å². The fraction of sp³-hybridized carbons (Fsp3) is 0.812. The largest absolute Gasteiger partial charge is 0.306 e. The van der Waals surface area contributed by atoms with Crippen molar-refractivity contribution in [2.24, 2.45) is 5.92 Å². The van der Waals surface area contributed by atoms with Gasteiger partial charge in [-0.15, -0.1) is 11.3 Å². The van der Waals surface area contributed by atoms with Crippen LogP contribution in [0.4, 0.5) is 0 Å². The highest BCUT2D eigenvalue weighted by atomic mass is 32.1. The molecule has 3 nitrogen and oxygen atoms in total. The lowest BCUT2D eigenvalue weighted by Gasteiger charge is -2.27. The van der Waals surface area contributed by atoms with Crippen molar-refractivity contribution in [2.75, 3.05) is 6.54 Å². The number of hydrogen-bond acceptors (Lipinski definition) is 4. The summed E-state index contributed by atoms with van der Waals surface area (Å²) in [7, 11) is 0. The van der Waals surface area contributed by atoms with Crippen molar-refractivity contribution in [1.29, 1.82) is 0 Å². The van der Waals surface area contributed by atoms with Gasteiger partial charge in [-0.3, -0.25) is 4.90 Å². The number of hydrogen-bond donors (Lipinski definition) is 1. The molecule has 0 aliphatic rings. The van der Waals surface area contributed by atoms with E-state index in [1.165, 1.54) is 10.7 Å². The molecule has 0 aliphatic heterocycles. The minimum atomic E-state index is 0.146. The first-order chi connectivity index (χ1) is 9.17. The molecule has 0 amide bonds. The summed E-state index contributed by atoms with van der Waals surface area (Å²) >= 11 is 1.76. The van der Waals surface area contributed by atoms with Crippen molar-refractivity contribution < 1.29 is 0 Å². The van der Waals surface area contributed by atoms with Crippen molar-refractivity contribution in [3.05, 3.63) is 16.1 Å². The fourth-order valence-corrected chi connectivity index (χ4v) is 2.70. The molecule has 20 heavy (non-hydrogen) atoms. The summed E-state index contributed by atoms with van der Waals surface area (Å²) in [6.07, 6.45) is 0. The van der Waals surface area contributed by atoms with Gasteiger partial charge < -0.3 is 5.32 Å². The first-order valence-electron chi connectivity index (χ1n) is 7.59. The second kappa shape index (κ2) is 7.53. The van der Waals surface area contributed by atoms with Gasteiger partial charge in [-0.2, -0.15) is 0 Å². The zero-order valence-corrected chi connectivity index (χ0v) is 15.0. The highest BCUT2D eigenvalue weighted by Crippen LogP contribution is 2.15. The molecule has 0 saturated heterocycles. The van der Waals surface area contributed by atoms with Gasteiger partial charge >= 0.3 is 0 Å². The summed E-state index contributed by atoms with van der Waals surface area (Å²) in [5, 5.41) is 6.88. The molecule has 116 valence electrons. The van der Waals surface area contributed by atoms with E-state index in [4.69, 9.17) is 4.98 Å². The van der Waals surface area contributed by atoms with E-state index < -0.39 is 0 Å². The third-order valence-corrected chi connectivity index (χ3v) is 3.96. The second-order valence-corrected chi connectivity index (χ2v) is 8.20. The lowest BCUT2D eigenvalue weighted by molar-refractivity contribution is 0.187. The lowest BCUT2D eigenvalue weighted by atomic mass is 10.1. The molecule has 0 atom stereocenters. The van der Waals surface area contributed by atoms with E-state index in [0.29, 0.717) is 12.0 Å². The summed E-state index contributed by atoms with van der Waals surface area (Å²) in [5.41, 5.74) is 1.35. The maximum atomic E-state index is 4.76. The molecule has 0 radical (unpaired) electrons. The monoisotopic (exact) mass is 297 g/mol. The molecule has 1 N–H and O–H groups in total. The van der Waals surface area contributed by atoms with Crippen LogP contribution in [0.1, 0.15) is 59.2 Å². The van der Waals surface area contributed by atoms with Crippen LogP contribution in [0.2, 0.25) is 0 Å². The maximum Gasteiger partial charge on any atom is 0.107 e. The van der Waals surface area contributed by atoms with Gasteiger partial charge in [-0.1, -0.05) is 13.8 Å². The maximum absolute atomic E-state index is 4.76. The highest BCUT2D eigenvalue weighted by molar-refractivity contribution is 7.09. The van der Waals surface area contributed by atoms with E-state index >= 15 is 0 Å². The van der Waals surface area contributed by atoms with Crippen LogP contribution in [-0.2, 0) is 13.1 Å². The zero-order chi connectivity index (χ0) is 15.3. The quantitative estimate of drug-likeness (QED) is 0.827. The van der Waals surface area contributed by atoms with Gasteiger partial charge in [0.2, 0.25) is 0 Å². The van der Waals surface area contributed by atoms with Crippen LogP contribution in [0, 0.1) is 5.92 Å². The number of aromatic nitrogens is 1. The number of nitrogens with one attached hydrogen (secondary N) is 1. The molecule has 0 unspecified atom stereocenters. The van der Waals surface area contributed by atoms with Gasteiger partial charge in [-0.25, -0.2) is 4.98 Å². The molecular weight excluding hydrogens is 266 g/mol. The van der Waals surface area contributed by atoms with Crippen LogP contribution in [-0.4, -0.2) is 28.0 Å². The van der Waals surface area contributed by atoms with E-state index in [1.54, 1.807) is 11.3 Å². The van der Waals surface area contributed by atoms with Gasteiger partial charge in [0.1, 0.15) is 5.01 Å². The predicted molar refractivity (Wildman–Crippen MR) is 89.1 cm³/mol. The molecule has 1 rings (SSSR count). The van der Waals surface area contributed by atoms with Crippen molar-refractivity contribution in [3.8, 4) is 0 Å². The van der Waals surface area contributed by atoms with E-state index in [1.807, 2.05) is 0 Å². The number of rotatable bonds is 7. The summed E-state index contributed by atoms with van der Waals surface area (Å²) in [4.78, 5) is 7.26. The lowest BCUT2D eigenvalue weighted by Crippen LogP contribution is -2.35.